The van der Waals surface area contributed by atoms with Crippen molar-refractivity contribution < 1.29 is 5.11 Å². The Hall–Kier alpha value is 0.270. The van der Waals surface area contributed by atoms with E-state index in [4.69, 9.17) is 5.11 Å². The fourth-order valence-corrected chi connectivity index (χ4v) is 1.28. The van der Waals surface area contributed by atoms with Crippen molar-refractivity contribution in [3.8, 4) is 0 Å². The molecule has 0 aliphatic heterocycles. The monoisotopic (exact) mass is 205 g/mol. The maximum absolute atomic E-state index is 9.11. The molecule has 13 heavy (non-hydrogen) atoms. The highest BCUT2D eigenvalue weighted by Gasteiger charge is 2.21. The van der Waals surface area contributed by atoms with Crippen molar-refractivity contribution in [1.29, 1.82) is 0 Å². The Morgan fingerprint density at radius 3 is 2.31 bits per heavy atom. The van der Waals surface area contributed by atoms with Crippen LogP contribution in [0.2, 0.25) is 0 Å². The predicted molar refractivity (Wildman–Crippen MR) is 61.5 cm³/mol. The number of aliphatic hydroxyl groups excluding tert-OH is 1. The minimum atomic E-state index is -0.0824. The molecule has 0 aromatic rings. The average molecular weight is 205 g/mol. The maximum Gasteiger partial charge on any atom is 0.0609 e. The van der Waals surface area contributed by atoms with Gasteiger partial charge < -0.3 is 5.11 Å². The number of aliphatic hydroxyl groups is 1. The molecule has 0 unspecified atom stereocenters. The number of hydrogen-bond donors (Lipinski definition) is 2. The zero-order valence-electron chi connectivity index (χ0n) is 9.08. The zero-order valence-corrected chi connectivity index (χ0v) is 9.98. The van der Waals surface area contributed by atoms with E-state index in [2.05, 4.69) is 38.4 Å². The third-order valence-corrected chi connectivity index (χ3v) is 2.89. The molecule has 3 heteroatoms. The normalized spacial score (nSPS) is 12.5. The summed E-state index contributed by atoms with van der Waals surface area (Å²) in [5.41, 5.74) is -0.0824. The van der Waals surface area contributed by atoms with E-state index < -0.39 is 0 Å². The molecule has 80 valence electrons. The summed E-state index contributed by atoms with van der Waals surface area (Å²) < 4.78 is 0. The molecule has 0 saturated carbocycles. The number of thiol groups is 1. The Kier molecular flexibility index (Phi) is 6.82. The second-order valence-corrected chi connectivity index (χ2v) is 4.62. The van der Waals surface area contributed by atoms with Gasteiger partial charge in [0.25, 0.3) is 0 Å². The maximum atomic E-state index is 9.11. The summed E-state index contributed by atoms with van der Waals surface area (Å²) in [4.78, 5) is 2.21. The Bertz CT molecular complexity index is 128. The number of likely N-dealkylation sites (N-methyl/N-ethyl adjacent to an activating group) is 1. The molecule has 0 fully saturated rings. The lowest BCUT2D eigenvalue weighted by Gasteiger charge is -2.33. The highest BCUT2D eigenvalue weighted by molar-refractivity contribution is 7.80. The van der Waals surface area contributed by atoms with Crippen LogP contribution in [-0.4, -0.2) is 41.5 Å². The molecule has 0 aliphatic carbocycles. The van der Waals surface area contributed by atoms with Crippen LogP contribution in [0.15, 0.2) is 0 Å². The molecule has 0 aromatic heterocycles. The largest absolute Gasteiger partial charge is 0.394 e. The van der Waals surface area contributed by atoms with Crippen LogP contribution in [0, 0.1) is 0 Å². The Labute approximate surface area is 87.7 Å². The lowest BCUT2D eigenvalue weighted by atomic mass is 10.0. The molecule has 0 amide bonds. The van der Waals surface area contributed by atoms with Crippen molar-refractivity contribution >= 4 is 12.6 Å². The fraction of sp³-hybridized carbons (Fsp3) is 1.00. The summed E-state index contributed by atoms with van der Waals surface area (Å²) in [6.45, 7) is 5.40. The van der Waals surface area contributed by atoms with Crippen LogP contribution in [0.1, 0.15) is 33.1 Å². The average Bonchev–Trinajstić information content (AvgIpc) is 2.12. The van der Waals surface area contributed by atoms with Crippen LogP contribution in [0.4, 0.5) is 0 Å². The van der Waals surface area contributed by atoms with Gasteiger partial charge in [0.05, 0.1) is 6.61 Å². The van der Waals surface area contributed by atoms with Crippen molar-refractivity contribution in [2.24, 2.45) is 0 Å². The van der Waals surface area contributed by atoms with Gasteiger partial charge in [0, 0.05) is 5.54 Å². The fourth-order valence-electron chi connectivity index (χ4n) is 1.06. The van der Waals surface area contributed by atoms with Gasteiger partial charge in [-0.25, -0.2) is 0 Å². The van der Waals surface area contributed by atoms with E-state index in [0.29, 0.717) is 0 Å². The minimum absolute atomic E-state index is 0.0824. The molecule has 1 N–H and O–H groups in total. The van der Waals surface area contributed by atoms with Gasteiger partial charge >= 0.3 is 0 Å². The van der Waals surface area contributed by atoms with Crippen LogP contribution in [0.3, 0.4) is 0 Å². The van der Waals surface area contributed by atoms with Gasteiger partial charge in [-0.05, 0) is 46.0 Å². The minimum Gasteiger partial charge on any atom is -0.394 e. The first-order valence-electron chi connectivity index (χ1n) is 4.97. The van der Waals surface area contributed by atoms with Crippen molar-refractivity contribution in [3.63, 3.8) is 0 Å². The Morgan fingerprint density at radius 2 is 1.85 bits per heavy atom. The summed E-state index contributed by atoms with van der Waals surface area (Å²) >= 11 is 4.17. The number of nitrogens with zero attached hydrogens (tertiary/aromatic N) is 1. The number of rotatable bonds is 7. The van der Waals surface area contributed by atoms with Gasteiger partial charge in [-0.2, -0.15) is 12.6 Å². The highest BCUT2D eigenvalue weighted by atomic mass is 32.1. The lowest BCUT2D eigenvalue weighted by molar-refractivity contribution is 0.0778. The molecule has 0 saturated heterocycles. The topological polar surface area (TPSA) is 23.5 Å². The van der Waals surface area contributed by atoms with Crippen molar-refractivity contribution in [2.45, 2.75) is 38.6 Å². The van der Waals surface area contributed by atoms with Crippen LogP contribution in [-0.2, 0) is 0 Å². The molecule has 0 aromatic carbocycles. The summed E-state index contributed by atoms with van der Waals surface area (Å²) in [5.74, 6) is 0.979. The van der Waals surface area contributed by atoms with Gasteiger partial charge in [0.2, 0.25) is 0 Å². The summed E-state index contributed by atoms with van der Waals surface area (Å²) in [6.07, 6.45) is 3.62. The predicted octanol–water partition coefficient (Wildman–Crippen LogP) is 1.79. The van der Waals surface area contributed by atoms with Crippen LogP contribution < -0.4 is 0 Å². The summed E-state index contributed by atoms with van der Waals surface area (Å²) in [6, 6.07) is 0. The third-order valence-electron chi connectivity index (χ3n) is 2.57. The zero-order chi connectivity index (χ0) is 10.3. The molecule has 2 nitrogen and oxygen atoms in total. The molecular weight excluding hydrogens is 182 g/mol. The summed E-state index contributed by atoms with van der Waals surface area (Å²) in [5, 5.41) is 9.11. The smallest absolute Gasteiger partial charge is 0.0609 e. The van der Waals surface area contributed by atoms with Crippen LogP contribution in [0.5, 0.6) is 0 Å². The molecule has 0 rings (SSSR count). The van der Waals surface area contributed by atoms with E-state index in [1.807, 2.05) is 0 Å². The quantitative estimate of drug-likeness (QED) is 0.489. The number of unbranched alkanes of at least 4 members (excludes halogenated alkanes) is 2. The lowest BCUT2D eigenvalue weighted by Crippen LogP contribution is -2.44. The first kappa shape index (κ1) is 13.3. The van der Waals surface area contributed by atoms with Gasteiger partial charge in [-0.1, -0.05) is 6.42 Å². The van der Waals surface area contributed by atoms with E-state index in [0.717, 1.165) is 12.3 Å². The first-order valence-corrected chi connectivity index (χ1v) is 5.61. The Balaban J connectivity index is 3.55. The van der Waals surface area contributed by atoms with Gasteiger partial charge in [-0.15, -0.1) is 0 Å². The Morgan fingerprint density at radius 1 is 1.23 bits per heavy atom. The molecule has 0 bridgehead atoms. The summed E-state index contributed by atoms with van der Waals surface area (Å²) in [7, 11) is 2.07. The number of hydrogen-bond acceptors (Lipinski definition) is 3. The molecule has 0 spiro atoms. The van der Waals surface area contributed by atoms with Gasteiger partial charge in [-0.3, -0.25) is 4.90 Å². The second-order valence-electron chi connectivity index (χ2n) is 4.18. The van der Waals surface area contributed by atoms with E-state index in [1.165, 1.54) is 19.3 Å². The molecule has 0 radical (unpaired) electrons. The van der Waals surface area contributed by atoms with E-state index in [-0.39, 0.29) is 12.1 Å². The van der Waals surface area contributed by atoms with Crippen LogP contribution in [0.25, 0.3) is 0 Å². The van der Waals surface area contributed by atoms with Crippen LogP contribution >= 0.6 is 12.6 Å². The van der Waals surface area contributed by atoms with E-state index in [1.54, 1.807) is 0 Å². The van der Waals surface area contributed by atoms with Gasteiger partial charge in [0.15, 0.2) is 0 Å². The third kappa shape index (κ3) is 5.55. The molecule has 0 atom stereocenters. The van der Waals surface area contributed by atoms with E-state index >= 15 is 0 Å². The highest BCUT2D eigenvalue weighted by Crippen LogP contribution is 2.12. The van der Waals surface area contributed by atoms with Crippen molar-refractivity contribution in [1.82, 2.24) is 4.90 Å². The van der Waals surface area contributed by atoms with Gasteiger partial charge in [0.1, 0.15) is 0 Å². The second kappa shape index (κ2) is 6.68. The molecule has 0 aliphatic rings. The standard InChI is InChI=1S/C10H23NOS/c1-10(2,9-12)11(3)7-5-4-6-8-13/h12-13H,4-9H2,1-3H3. The SMILES string of the molecule is CN(CCCCCS)C(C)(C)CO. The first-order chi connectivity index (χ1) is 6.04. The molecule has 0 heterocycles. The molecular formula is C10H23NOS. The van der Waals surface area contributed by atoms with Crippen molar-refractivity contribution in [2.75, 3.05) is 26.0 Å². The van der Waals surface area contributed by atoms with Crippen molar-refractivity contribution in [3.05, 3.63) is 0 Å². The van der Waals surface area contributed by atoms with E-state index in [9.17, 15) is 0 Å².